The summed E-state index contributed by atoms with van der Waals surface area (Å²) in [7, 11) is 1.78. The molecule has 1 unspecified atom stereocenters. The molecule has 4 rings (SSSR count). The molecule has 0 aliphatic carbocycles. The average Bonchev–Trinajstić information content (AvgIpc) is 2.87. The van der Waals surface area contributed by atoms with Gasteiger partial charge in [-0.25, -0.2) is 0 Å². The number of hydrogen-bond donors (Lipinski definition) is 1. The lowest BCUT2D eigenvalue weighted by atomic mass is 9.92. The normalized spacial score (nSPS) is 13.4. The summed E-state index contributed by atoms with van der Waals surface area (Å²) in [5.74, 6) is -0.165. The first-order chi connectivity index (χ1) is 17.0. The number of benzene rings is 4. The molecule has 36 heavy (non-hydrogen) atoms. The zero-order valence-corrected chi connectivity index (χ0v) is 20.8. The molecule has 0 fully saturated rings. The van der Waals surface area contributed by atoms with E-state index in [0.717, 1.165) is 34.0 Å². The van der Waals surface area contributed by atoms with Gasteiger partial charge in [0.1, 0.15) is 5.66 Å². The highest BCUT2D eigenvalue weighted by molar-refractivity contribution is 5.96. The van der Waals surface area contributed by atoms with Crippen molar-refractivity contribution in [2.75, 3.05) is 13.6 Å². The SMILES string of the molecule is CCNC(C)(c1cccc2cc(C)ccc12)N(C)C(=O)c1ccc(-c2ccc(C(F)(F)F)cc2)cc1. The number of alkyl halides is 3. The largest absolute Gasteiger partial charge is 0.416 e. The Bertz CT molecular complexity index is 1380. The molecule has 4 aromatic carbocycles. The fourth-order valence-electron chi connectivity index (χ4n) is 4.62. The van der Waals surface area contributed by atoms with Crippen molar-refractivity contribution in [3.05, 3.63) is 107 Å². The van der Waals surface area contributed by atoms with Crippen LogP contribution >= 0.6 is 0 Å². The van der Waals surface area contributed by atoms with Gasteiger partial charge in [0, 0.05) is 12.6 Å². The number of fused-ring (bicyclic) bond motifs is 1. The summed E-state index contributed by atoms with van der Waals surface area (Å²) < 4.78 is 38.6. The van der Waals surface area contributed by atoms with Gasteiger partial charge >= 0.3 is 6.18 Å². The molecule has 0 aliphatic rings. The van der Waals surface area contributed by atoms with Crippen LogP contribution in [-0.2, 0) is 11.8 Å². The molecule has 0 spiro atoms. The van der Waals surface area contributed by atoms with Crippen LogP contribution in [0.5, 0.6) is 0 Å². The first-order valence-electron chi connectivity index (χ1n) is 11.9. The van der Waals surface area contributed by atoms with E-state index in [1.165, 1.54) is 17.7 Å². The van der Waals surface area contributed by atoms with Crippen LogP contribution < -0.4 is 5.32 Å². The third-order valence-corrected chi connectivity index (χ3v) is 6.73. The van der Waals surface area contributed by atoms with Crippen molar-refractivity contribution >= 4 is 16.7 Å². The molecular weight excluding hydrogens is 461 g/mol. The van der Waals surface area contributed by atoms with Gasteiger partial charge in [-0.2, -0.15) is 13.2 Å². The van der Waals surface area contributed by atoms with Crippen LogP contribution in [0.15, 0.2) is 84.9 Å². The molecule has 186 valence electrons. The molecule has 0 bridgehead atoms. The molecule has 6 heteroatoms. The lowest BCUT2D eigenvalue weighted by Crippen LogP contribution is -2.54. The summed E-state index contributed by atoms with van der Waals surface area (Å²) in [5.41, 5.74) is 2.59. The van der Waals surface area contributed by atoms with Crippen LogP contribution in [0.1, 0.15) is 40.9 Å². The summed E-state index contributed by atoms with van der Waals surface area (Å²) in [6.45, 7) is 6.72. The quantitative estimate of drug-likeness (QED) is 0.286. The molecule has 0 saturated heterocycles. The van der Waals surface area contributed by atoms with E-state index >= 15 is 0 Å². The van der Waals surface area contributed by atoms with E-state index in [1.807, 2.05) is 26.0 Å². The number of nitrogens with one attached hydrogen (secondary N) is 1. The summed E-state index contributed by atoms with van der Waals surface area (Å²) >= 11 is 0. The van der Waals surface area contributed by atoms with Gasteiger partial charge in [-0.1, -0.05) is 73.2 Å². The molecule has 0 aliphatic heterocycles. The van der Waals surface area contributed by atoms with Crippen LogP contribution in [-0.4, -0.2) is 24.4 Å². The van der Waals surface area contributed by atoms with Gasteiger partial charge in [-0.3, -0.25) is 10.1 Å². The van der Waals surface area contributed by atoms with Gasteiger partial charge < -0.3 is 4.90 Å². The molecular formula is C30H29F3N2O. The smallest absolute Gasteiger partial charge is 0.319 e. The van der Waals surface area contributed by atoms with E-state index < -0.39 is 17.4 Å². The Balaban J connectivity index is 1.64. The number of carbonyl (C=O) groups excluding carboxylic acids is 1. The van der Waals surface area contributed by atoms with E-state index in [4.69, 9.17) is 0 Å². The second kappa shape index (κ2) is 9.78. The van der Waals surface area contributed by atoms with Crippen molar-refractivity contribution in [3.8, 4) is 11.1 Å². The number of nitrogens with zero attached hydrogens (tertiary/aromatic N) is 1. The van der Waals surface area contributed by atoms with Gasteiger partial charge in [-0.05, 0) is 72.1 Å². The van der Waals surface area contributed by atoms with Crippen molar-refractivity contribution in [1.29, 1.82) is 0 Å². The predicted octanol–water partition coefficient (Wildman–Crippen LogP) is 7.39. The third-order valence-electron chi connectivity index (χ3n) is 6.73. The van der Waals surface area contributed by atoms with Crippen molar-refractivity contribution < 1.29 is 18.0 Å². The second-order valence-corrected chi connectivity index (χ2v) is 9.15. The molecule has 3 nitrogen and oxygen atoms in total. The fraction of sp³-hybridized carbons (Fsp3) is 0.233. The first kappa shape index (κ1) is 25.5. The van der Waals surface area contributed by atoms with Gasteiger partial charge in [0.15, 0.2) is 0 Å². The number of rotatable bonds is 6. The lowest BCUT2D eigenvalue weighted by Gasteiger charge is -2.41. The summed E-state index contributed by atoms with van der Waals surface area (Å²) in [5, 5.41) is 5.68. The number of amides is 1. The molecule has 0 radical (unpaired) electrons. The van der Waals surface area contributed by atoms with Crippen LogP contribution in [0, 0.1) is 6.92 Å². The van der Waals surface area contributed by atoms with E-state index in [2.05, 4.69) is 36.5 Å². The van der Waals surface area contributed by atoms with Crippen molar-refractivity contribution in [3.63, 3.8) is 0 Å². The van der Waals surface area contributed by atoms with Gasteiger partial charge in [0.25, 0.3) is 5.91 Å². The topological polar surface area (TPSA) is 32.3 Å². The Hall–Kier alpha value is -3.64. The predicted molar refractivity (Wildman–Crippen MR) is 139 cm³/mol. The fourth-order valence-corrected chi connectivity index (χ4v) is 4.62. The minimum absolute atomic E-state index is 0.165. The maximum absolute atomic E-state index is 13.6. The number of halogens is 3. The van der Waals surface area contributed by atoms with Crippen LogP contribution in [0.25, 0.3) is 21.9 Å². The number of aryl methyl sites for hydroxylation is 1. The molecule has 0 heterocycles. The third kappa shape index (κ3) is 4.86. The monoisotopic (exact) mass is 490 g/mol. The average molecular weight is 491 g/mol. The summed E-state index contributed by atoms with van der Waals surface area (Å²) in [4.78, 5) is 15.3. The number of hydrogen-bond acceptors (Lipinski definition) is 2. The highest BCUT2D eigenvalue weighted by Crippen LogP contribution is 2.34. The van der Waals surface area contributed by atoms with E-state index in [-0.39, 0.29) is 5.91 Å². The maximum atomic E-state index is 13.6. The Morgan fingerprint density at radius 3 is 2.08 bits per heavy atom. The van der Waals surface area contributed by atoms with Gasteiger partial charge in [0.2, 0.25) is 0 Å². The summed E-state index contributed by atoms with van der Waals surface area (Å²) in [6.07, 6.45) is -4.37. The van der Waals surface area contributed by atoms with E-state index in [0.29, 0.717) is 17.7 Å². The number of carbonyl (C=O) groups is 1. The zero-order valence-electron chi connectivity index (χ0n) is 20.8. The van der Waals surface area contributed by atoms with Gasteiger partial charge in [-0.15, -0.1) is 0 Å². The Morgan fingerprint density at radius 2 is 1.50 bits per heavy atom. The first-order valence-corrected chi connectivity index (χ1v) is 11.9. The highest BCUT2D eigenvalue weighted by atomic mass is 19.4. The summed E-state index contributed by atoms with van der Waals surface area (Å²) in [6, 6.07) is 24.4. The van der Waals surface area contributed by atoms with Gasteiger partial charge in [0.05, 0.1) is 5.56 Å². The maximum Gasteiger partial charge on any atom is 0.416 e. The van der Waals surface area contributed by atoms with E-state index in [1.54, 1.807) is 36.2 Å². The molecule has 1 atom stereocenters. The molecule has 0 aromatic heterocycles. The molecule has 1 N–H and O–H groups in total. The Kier molecular flexibility index (Phi) is 6.92. The molecule has 0 saturated carbocycles. The van der Waals surface area contributed by atoms with Crippen LogP contribution in [0.3, 0.4) is 0 Å². The van der Waals surface area contributed by atoms with Crippen LogP contribution in [0.4, 0.5) is 13.2 Å². The highest BCUT2D eigenvalue weighted by Gasteiger charge is 2.35. The molecule has 4 aromatic rings. The molecule has 1 amide bonds. The second-order valence-electron chi connectivity index (χ2n) is 9.15. The van der Waals surface area contributed by atoms with Crippen molar-refractivity contribution in [2.24, 2.45) is 0 Å². The Morgan fingerprint density at radius 1 is 0.889 bits per heavy atom. The minimum atomic E-state index is -4.37. The minimum Gasteiger partial charge on any atom is -0.319 e. The standard InChI is InChI=1S/C30H29F3N2O/c1-5-34-29(3,27-8-6-7-24-19-20(2)9-18-26(24)27)35(4)28(36)23-12-10-21(11-13-23)22-14-16-25(17-15-22)30(31,32)33/h6-19,34H,5H2,1-4H3. The van der Waals surface area contributed by atoms with Crippen molar-refractivity contribution in [2.45, 2.75) is 32.6 Å². The lowest BCUT2D eigenvalue weighted by molar-refractivity contribution is -0.137. The van der Waals surface area contributed by atoms with Crippen molar-refractivity contribution in [1.82, 2.24) is 10.2 Å². The Labute approximate surface area is 209 Å². The van der Waals surface area contributed by atoms with E-state index in [9.17, 15) is 18.0 Å². The van der Waals surface area contributed by atoms with Crippen LogP contribution in [0.2, 0.25) is 0 Å². The zero-order chi connectivity index (χ0) is 26.1.